The lowest BCUT2D eigenvalue weighted by molar-refractivity contribution is 0.150. The smallest absolute Gasteiger partial charge is 0.292 e. The van der Waals surface area contributed by atoms with Crippen molar-refractivity contribution in [1.82, 2.24) is 19.3 Å². The molecular weight excluding hydrogens is 448 g/mol. The molecule has 162 valence electrons. The first kappa shape index (κ1) is 21.0. The molecule has 7 nitrogen and oxygen atoms in total. The number of benzene rings is 1. The fourth-order valence-electron chi connectivity index (χ4n) is 3.36. The molecule has 2 heterocycles. The summed E-state index contributed by atoms with van der Waals surface area (Å²) in [5.41, 5.74) is -1.62. The minimum atomic E-state index is -4.20. The highest BCUT2D eigenvalue weighted by Gasteiger charge is 2.47. The molecule has 1 saturated carbocycles. The molecule has 0 spiro atoms. The normalized spacial score (nSPS) is 15.9. The van der Waals surface area contributed by atoms with Crippen LogP contribution in [0.1, 0.15) is 31.2 Å². The Hall–Kier alpha value is -2.28. The quantitative estimate of drug-likeness (QED) is 0.501. The molecule has 0 radical (unpaired) electrons. The summed E-state index contributed by atoms with van der Waals surface area (Å²) in [6.45, 7) is 0.921. The third-order valence-electron chi connectivity index (χ3n) is 5.18. The summed E-state index contributed by atoms with van der Waals surface area (Å²) < 4.78 is 81.5. The SMILES string of the molecule is CCn1c(=O)n(-c2nnc(C(F)F)s2)c2cc(S(=O)(=O)CC3(CF)CC3)c(F)cc21. The number of aryl methyl sites for hydroxylation is 1. The van der Waals surface area contributed by atoms with E-state index in [0.717, 1.165) is 16.7 Å². The summed E-state index contributed by atoms with van der Waals surface area (Å²) in [6.07, 6.45) is -2.11. The lowest BCUT2D eigenvalue weighted by Crippen LogP contribution is -2.22. The Morgan fingerprint density at radius 1 is 1.23 bits per heavy atom. The van der Waals surface area contributed by atoms with Crippen molar-refractivity contribution in [2.24, 2.45) is 5.41 Å². The molecule has 1 fully saturated rings. The van der Waals surface area contributed by atoms with Crippen LogP contribution in [-0.2, 0) is 16.4 Å². The molecule has 0 aliphatic heterocycles. The number of fused-ring (bicyclic) bond motifs is 1. The Balaban J connectivity index is 1.93. The maximum atomic E-state index is 14.8. The lowest BCUT2D eigenvalue weighted by Gasteiger charge is -2.12. The number of sulfone groups is 1. The van der Waals surface area contributed by atoms with Crippen molar-refractivity contribution in [2.75, 3.05) is 12.4 Å². The van der Waals surface area contributed by atoms with Crippen LogP contribution in [-0.4, -0.2) is 40.2 Å². The molecule has 2 aromatic heterocycles. The molecule has 4 rings (SSSR count). The second-order valence-electron chi connectivity index (χ2n) is 7.25. The fourth-order valence-corrected chi connectivity index (χ4v) is 6.04. The molecular formula is C17H16F4N4O3S2. The maximum Gasteiger partial charge on any atom is 0.335 e. The predicted octanol–water partition coefficient (Wildman–Crippen LogP) is 3.26. The van der Waals surface area contributed by atoms with Crippen LogP contribution in [0.2, 0.25) is 0 Å². The first-order valence-corrected chi connectivity index (χ1v) is 11.4. The highest BCUT2D eigenvalue weighted by atomic mass is 32.2. The molecule has 0 N–H and O–H groups in total. The summed E-state index contributed by atoms with van der Waals surface area (Å²) in [5.74, 6) is -1.62. The number of alkyl halides is 3. The summed E-state index contributed by atoms with van der Waals surface area (Å²) in [7, 11) is -4.20. The zero-order chi connectivity index (χ0) is 21.8. The largest absolute Gasteiger partial charge is 0.335 e. The lowest BCUT2D eigenvalue weighted by atomic mass is 10.2. The molecule has 1 aromatic carbocycles. The molecule has 0 atom stereocenters. The molecule has 0 amide bonds. The molecule has 1 aliphatic rings. The van der Waals surface area contributed by atoms with Crippen LogP contribution in [0.15, 0.2) is 21.8 Å². The van der Waals surface area contributed by atoms with Gasteiger partial charge in [0.1, 0.15) is 10.7 Å². The van der Waals surface area contributed by atoms with E-state index in [0.29, 0.717) is 24.2 Å². The van der Waals surface area contributed by atoms with E-state index in [2.05, 4.69) is 10.2 Å². The Kier molecular flexibility index (Phi) is 5.00. The van der Waals surface area contributed by atoms with E-state index < -0.39 is 55.5 Å². The van der Waals surface area contributed by atoms with Gasteiger partial charge >= 0.3 is 5.69 Å². The van der Waals surface area contributed by atoms with Gasteiger partial charge in [-0.3, -0.25) is 8.96 Å². The Morgan fingerprint density at radius 3 is 2.47 bits per heavy atom. The molecule has 0 saturated heterocycles. The van der Waals surface area contributed by atoms with Gasteiger partial charge in [0.05, 0.1) is 23.5 Å². The Labute approximate surface area is 171 Å². The van der Waals surface area contributed by atoms with Crippen molar-refractivity contribution in [3.63, 3.8) is 0 Å². The van der Waals surface area contributed by atoms with Crippen molar-refractivity contribution < 1.29 is 26.0 Å². The van der Waals surface area contributed by atoms with Gasteiger partial charge in [0.25, 0.3) is 6.43 Å². The fraction of sp³-hybridized carbons (Fsp3) is 0.471. The minimum absolute atomic E-state index is 0.0103. The number of nitrogens with zero attached hydrogens (tertiary/aromatic N) is 4. The van der Waals surface area contributed by atoms with Gasteiger partial charge in [0.15, 0.2) is 14.8 Å². The van der Waals surface area contributed by atoms with Crippen LogP contribution in [0.5, 0.6) is 0 Å². The van der Waals surface area contributed by atoms with E-state index in [9.17, 15) is 30.8 Å². The van der Waals surface area contributed by atoms with Crippen LogP contribution in [0.3, 0.4) is 0 Å². The highest BCUT2D eigenvalue weighted by Crippen LogP contribution is 2.48. The van der Waals surface area contributed by atoms with E-state index in [1.165, 1.54) is 4.57 Å². The second kappa shape index (κ2) is 7.15. The van der Waals surface area contributed by atoms with Crippen LogP contribution < -0.4 is 5.69 Å². The van der Waals surface area contributed by atoms with Crippen molar-refractivity contribution in [1.29, 1.82) is 0 Å². The summed E-state index contributed by atoms with van der Waals surface area (Å²) in [5, 5.41) is 6.16. The molecule has 3 aromatic rings. The first-order chi connectivity index (χ1) is 14.1. The van der Waals surface area contributed by atoms with Crippen LogP contribution in [0, 0.1) is 11.2 Å². The van der Waals surface area contributed by atoms with Crippen molar-refractivity contribution in [3.8, 4) is 5.13 Å². The monoisotopic (exact) mass is 464 g/mol. The average Bonchev–Trinajstić information content (AvgIpc) is 3.16. The third kappa shape index (κ3) is 3.33. The zero-order valence-electron chi connectivity index (χ0n) is 15.6. The predicted molar refractivity (Wildman–Crippen MR) is 101 cm³/mol. The van der Waals surface area contributed by atoms with Crippen LogP contribution in [0.4, 0.5) is 17.6 Å². The number of rotatable bonds is 7. The van der Waals surface area contributed by atoms with Gasteiger partial charge < -0.3 is 0 Å². The third-order valence-corrected chi connectivity index (χ3v) is 8.07. The van der Waals surface area contributed by atoms with Gasteiger partial charge in [-0.2, -0.15) is 0 Å². The van der Waals surface area contributed by atoms with Crippen molar-refractivity contribution in [3.05, 3.63) is 33.4 Å². The van der Waals surface area contributed by atoms with Gasteiger partial charge in [-0.1, -0.05) is 11.3 Å². The Bertz CT molecular complexity index is 1290. The minimum Gasteiger partial charge on any atom is -0.292 e. The number of imidazole rings is 1. The van der Waals surface area contributed by atoms with E-state index in [-0.39, 0.29) is 22.7 Å². The zero-order valence-corrected chi connectivity index (χ0v) is 17.2. The number of hydrogen-bond acceptors (Lipinski definition) is 6. The highest BCUT2D eigenvalue weighted by molar-refractivity contribution is 7.91. The molecule has 13 heteroatoms. The maximum absolute atomic E-state index is 14.8. The number of hydrogen-bond donors (Lipinski definition) is 0. The van der Waals surface area contributed by atoms with Crippen molar-refractivity contribution >= 4 is 32.2 Å². The van der Waals surface area contributed by atoms with Crippen molar-refractivity contribution in [2.45, 2.75) is 37.6 Å². The van der Waals surface area contributed by atoms with E-state index in [1.807, 2.05) is 0 Å². The molecule has 0 unspecified atom stereocenters. The first-order valence-electron chi connectivity index (χ1n) is 8.98. The Morgan fingerprint density at radius 2 is 1.93 bits per heavy atom. The van der Waals surface area contributed by atoms with Gasteiger partial charge in [0.2, 0.25) is 5.13 Å². The van der Waals surface area contributed by atoms with Gasteiger partial charge in [0, 0.05) is 18.0 Å². The number of halogens is 4. The topological polar surface area (TPSA) is 86.8 Å². The average molecular weight is 464 g/mol. The molecule has 30 heavy (non-hydrogen) atoms. The molecule has 1 aliphatic carbocycles. The summed E-state index contributed by atoms with van der Waals surface area (Å²) in [4.78, 5) is 12.1. The standard InChI is InChI=1S/C17H16F4N4O3S2/c1-2-24-10-5-9(19)12(30(27,28)8-17(7-18)3-4-17)6-11(10)25(16(24)26)15-23-22-14(29-15)13(20)21/h5-6,13H,2-4,7-8H2,1H3. The van der Waals surface area contributed by atoms with Gasteiger partial charge in [-0.25, -0.2) is 31.0 Å². The van der Waals surface area contributed by atoms with E-state index >= 15 is 0 Å². The second-order valence-corrected chi connectivity index (χ2v) is 10.2. The van der Waals surface area contributed by atoms with E-state index in [1.54, 1.807) is 6.92 Å². The summed E-state index contributed by atoms with van der Waals surface area (Å²) >= 11 is 0.473. The molecule has 0 bridgehead atoms. The summed E-state index contributed by atoms with van der Waals surface area (Å²) in [6, 6.07) is 1.89. The van der Waals surface area contributed by atoms with Gasteiger partial charge in [-0.05, 0) is 25.8 Å². The van der Waals surface area contributed by atoms with Gasteiger partial charge in [-0.15, -0.1) is 10.2 Å². The van der Waals surface area contributed by atoms with Crippen LogP contribution >= 0.6 is 11.3 Å². The van der Waals surface area contributed by atoms with Crippen LogP contribution in [0.25, 0.3) is 16.2 Å². The number of aromatic nitrogens is 4. The van der Waals surface area contributed by atoms with E-state index in [4.69, 9.17) is 0 Å².